The van der Waals surface area contributed by atoms with Crippen LogP contribution in [0.25, 0.3) is 11.3 Å². The zero-order valence-electron chi connectivity index (χ0n) is 13.3. The minimum atomic E-state index is -4.19. The van der Waals surface area contributed by atoms with Crippen LogP contribution in [0.1, 0.15) is 50.3 Å². The average Bonchev–Trinajstić information content (AvgIpc) is 3.00. The molecule has 1 fully saturated rings. The number of nitrogens with zero attached hydrogens (tertiary/aromatic N) is 2. The number of rotatable bonds is 4. The molecule has 3 rings (SSSR count). The van der Waals surface area contributed by atoms with Crippen LogP contribution in [-0.4, -0.2) is 18.2 Å². The molecule has 1 aromatic heterocycles. The molecular formula is C16H18F3N3O2S. The Kier molecular flexibility index (Phi) is 4.88. The maximum absolute atomic E-state index is 14.1. The molecule has 1 aliphatic rings. The number of hydrogen-bond donors (Lipinski definition) is 1. The lowest BCUT2D eigenvalue weighted by Crippen LogP contribution is -2.16. The summed E-state index contributed by atoms with van der Waals surface area (Å²) in [7, 11) is -4.19. The summed E-state index contributed by atoms with van der Waals surface area (Å²) in [5, 5.41) is 8.96. The molecule has 0 atom stereocenters. The van der Waals surface area contributed by atoms with Crippen LogP contribution in [-0.2, 0) is 10.0 Å². The van der Waals surface area contributed by atoms with Crippen LogP contribution in [0.15, 0.2) is 29.2 Å². The summed E-state index contributed by atoms with van der Waals surface area (Å²) in [5.74, 6) is -1.02. The van der Waals surface area contributed by atoms with Gasteiger partial charge in [0.25, 0.3) is 6.43 Å². The Morgan fingerprint density at radius 2 is 1.84 bits per heavy atom. The molecule has 1 saturated carbocycles. The zero-order chi connectivity index (χ0) is 18.2. The number of halogens is 3. The van der Waals surface area contributed by atoms with Gasteiger partial charge >= 0.3 is 0 Å². The van der Waals surface area contributed by atoms with E-state index in [0.29, 0.717) is 5.69 Å². The number of hydrogen-bond acceptors (Lipinski definition) is 3. The third-order valence-electron chi connectivity index (χ3n) is 4.43. The van der Waals surface area contributed by atoms with Crippen molar-refractivity contribution in [2.75, 3.05) is 0 Å². The minimum absolute atomic E-state index is 0.0303. The second-order valence-electron chi connectivity index (χ2n) is 6.18. The van der Waals surface area contributed by atoms with Gasteiger partial charge in [0, 0.05) is 5.56 Å². The van der Waals surface area contributed by atoms with Gasteiger partial charge in [-0.15, -0.1) is 0 Å². The van der Waals surface area contributed by atoms with E-state index in [0.717, 1.165) is 44.2 Å². The van der Waals surface area contributed by atoms with Crippen LogP contribution in [0.4, 0.5) is 13.2 Å². The van der Waals surface area contributed by atoms with Crippen molar-refractivity contribution in [3.05, 3.63) is 35.8 Å². The molecule has 0 amide bonds. The van der Waals surface area contributed by atoms with Crippen molar-refractivity contribution in [3.8, 4) is 11.3 Å². The van der Waals surface area contributed by atoms with Gasteiger partial charge in [-0.25, -0.2) is 26.7 Å². The highest BCUT2D eigenvalue weighted by atomic mass is 32.2. The number of aromatic nitrogens is 2. The minimum Gasteiger partial charge on any atom is -0.261 e. The number of sulfonamides is 1. The fraction of sp³-hybridized carbons (Fsp3) is 0.438. The summed E-state index contributed by atoms with van der Waals surface area (Å²) < 4.78 is 64.5. The molecular weight excluding hydrogens is 355 g/mol. The first-order chi connectivity index (χ1) is 11.8. The first-order valence-corrected chi connectivity index (χ1v) is 9.52. The number of benzene rings is 1. The summed E-state index contributed by atoms with van der Waals surface area (Å²) in [6.07, 6.45) is 1.94. The number of alkyl halides is 2. The van der Waals surface area contributed by atoms with Gasteiger partial charge in [0.05, 0.1) is 11.7 Å². The van der Waals surface area contributed by atoms with E-state index in [-0.39, 0.29) is 17.3 Å². The number of nitrogens with two attached hydrogens (primary N) is 1. The van der Waals surface area contributed by atoms with Gasteiger partial charge in [0.1, 0.15) is 16.4 Å². The van der Waals surface area contributed by atoms with Crippen molar-refractivity contribution < 1.29 is 21.6 Å². The van der Waals surface area contributed by atoms with E-state index >= 15 is 0 Å². The Bertz CT molecular complexity index is 875. The van der Waals surface area contributed by atoms with E-state index in [1.54, 1.807) is 0 Å². The second kappa shape index (κ2) is 6.80. The van der Waals surface area contributed by atoms with Crippen LogP contribution >= 0.6 is 0 Å². The van der Waals surface area contributed by atoms with E-state index in [9.17, 15) is 21.6 Å². The summed E-state index contributed by atoms with van der Waals surface area (Å²) >= 11 is 0. The van der Waals surface area contributed by atoms with Crippen molar-refractivity contribution in [2.24, 2.45) is 5.14 Å². The van der Waals surface area contributed by atoms with E-state index in [2.05, 4.69) is 5.10 Å². The first-order valence-electron chi connectivity index (χ1n) is 7.97. The Labute approximate surface area is 143 Å². The molecule has 2 aromatic rings. The van der Waals surface area contributed by atoms with Crippen molar-refractivity contribution >= 4 is 10.0 Å². The van der Waals surface area contributed by atoms with Crippen LogP contribution in [0.5, 0.6) is 0 Å². The fourth-order valence-corrected chi connectivity index (χ4v) is 3.82. The summed E-state index contributed by atoms with van der Waals surface area (Å²) in [4.78, 5) is -0.630. The van der Waals surface area contributed by atoms with Crippen LogP contribution < -0.4 is 5.14 Å². The second-order valence-corrected chi connectivity index (χ2v) is 7.71. The average molecular weight is 373 g/mol. The maximum Gasteiger partial charge on any atom is 0.282 e. The van der Waals surface area contributed by atoms with Gasteiger partial charge in [-0.1, -0.05) is 25.3 Å². The van der Waals surface area contributed by atoms with Crippen molar-refractivity contribution in [1.29, 1.82) is 0 Å². The van der Waals surface area contributed by atoms with Crippen LogP contribution in [0.2, 0.25) is 0 Å². The smallest absolute Gasteiger partial charge is 0.261 e. The van der Waals surface area contributed by atoms with Gasteiger partial charge in [0.2, 0.25) is 10.0 Å². The molecule has 1 heterocycles. The van der Waals surface area contributed by atoms with Crippen molar-refractivity contribution in [3.63, 3.8) is 0 Å². The van der Waals surface area contributed by atoms with E-state index < -0.39 is 27.2 Å². The standard InChI is InChI=1S/C16H18F3N3O2S/c17-12-8-10(6-7-15(12)25(20,23)24)14-9-13(16(18)19)21-22(14)11-4-2-1-3-5-11/h6-9,11,16H,1-5H2,(H2,20,23,24). The summed E-state index contributed by atoms with van der Waals surface area (Å²) in [5.41, 5.74) is 0.258. The molecule has 0 spiro atoms. The molecule has 0 aliphatic heterocycles. The van der Waals surface area contributed by atoms with Crippen molar-refractivity contribution in [1.82, 2.24) is 9.78 Å². The first kappa shape index (κ1) is 17.9. The quantitative estimate of drug-likeness (QED) is 0.886. The Hall–Kier alpha value is -1.87. The Morgan fingerprint density at radius 1 is 1.16 bits per heavy atom. The highest BCUT2D eigenvalue weighted by molar-refractivity contribution is 7.89. The van der Waals surface area contributed by atoms with Crippen LogP contribution in [0, 0.1) is 5.82 Å². The van der Waals surface area contributed by atoms with Gasteiger partial charge < -0.3 is 0 Å². The zero-order valence-corrected chi connectivity index (χ0v) is 14.1. The molecule has 0 bridgehead atoms. The number of primary sulfonamides is 1. The highest BCUT2D eigenvalue weighted by Gasteiger charge is 2.24. The highest BCUT2D eigenvalue weighted by Crippen LogP contribution is 2.35. The normalized spacial score (nSPS) is 16.5. The molecule has 1 aromatic carbocycles. The van der Waals surface area contributed by atoms with Gasteiger partial charge in [0.15, 0.2) is 0 Å². The molecule has 0 saturated heterocycles. The third kappa shape index (κ3) is 3.72. The molecule has 0 unspecified atom stereocenters. The predicted octanol–water partition coefficient (Wildman–Crippen LogP) is 3.78. The molecule has 5 nitrogen and oxygen atoms in total. The van der Waals surface area contributed by atoms with Gasteiger partial charge in [-0.3, -0.25) is 4.68 Å². The summed E-state index contributed by atoms with van der Waals surface area (Å²) in [6.45, 7) is 0. The van der Waals surface area contributed by atoms with Crippen molar-refractivity contribution in [2.45, 2.75) is 49.5 Å². The van der Waals surface area contributed by atoms with Crippen LogP contribution in [0.3, 0.4) is 0 Å². The molecule has 9 heteroatoms. The lowest BCUT2D eigenvalue weighted by molar-refractivity contribution is 0.144. The monoisotopic (exact) mass is 373 g/mol. The maximum atomic E-state index is 14.1. The van der Waals surface area contributed by atoms with E-state index in [1.165, 1.54) is 16.8 Å². The molecule has 136 valence electrons. The SMILES string of the molecule is NS(=O)(=O)c1ccc(-c2cc(C(F)F)nn2C2CCCCC2)cc1F. The van der Waals surface area contributed by atoms with E-state index in [1.807, 2.05) is 0 Å². The summed E-state index contributed by atoms with van der Waals surface area (Å²) in [6, 6.07) is 4.59. The lowest BCUT2D eigenvalue weighted by atomic mass is 9.95. The Morgan fingerprint density at radius 3 is 2.40 bits per heavy atom. The predicted molar refractivity (Wildman–Crippen MR) is 86.1 cm³/mol. The molecule has 1 aliphatic carbocycles. The largest absolute Gasteiger partial charge is 0.282 e. The van der Waals surface area contributed by atoms with Gasteiger partial charge in [-0.2, -0.15) is 5.10 Å². The lowest BCUT2D eigenvalue weighted by Gasteiger charge is -2.24. The molecule has 2 N–H and O–H groups in total. The Balaban J connectivity index is 2.08. The molecule has 25 heavy (non-hydrogen) atoms. The fourth-order valence-electron chi connectivity index (χ4n) is 3.23. The topological polar surface area (TPSA) is 78.0 Å². The molecule has 0 radical (unpaired) electrons. The third-order valence-corrected chi connectivity index (χ3v) is 5.38. The van der Waals surface area contributed by atoms with E-state index in [4.69, 9.17) is 5.14 Å². The van der Waals surface area contributed by atoms with Gasteiger partial charge in [-0.05, 0) is 31.0 Å².